The van der Waals surface area contributed by atoms with E-state index in [0.717, 1.165) is 0 Å². The van der Waals surface area contributed by atoms with Crippen molar-refractivity contribution in [2.45, 2.75) is 32.1 Å². The number of carbonyl (C=O) groups is 2. The van der Waals surface area contributed by atoms with Gasteiger partial charge in [-0.1, -0.05) is 36.4 Å². The van der Waals surface area contributed by atoms with Crippen molar-refractivity contribution >= 4 is 21.7 Å². The van der Waals surface area contributed by atoms with E-state index in [1.807, 2.05) is 30.3 Å². The Bertz CT molecular complexity index is 974. The molecule has 2 aromatic carbocycles. The zero-order valence-electron chi connectivity index (χ0n) is 16.0. The molecule has 8 heteroatoms. The lowest BCUT2D eigenvalue weighted by Gasteiger charge is -2.17. The first-order valence-electron chi connectivity index (χ1n) is 9.31. The Balaban J connectivity index is 1.59. The summed E-state index contributed by atoms with van der Waals surface area (Å²) in [6.45, 7) is 1.63. The van der Waals surface area contributed by atoms with Crippen molar-refractivity contribution in [3.05, 3.63) is 65.7 Å². The second-order valence-electron chi connectivity index (χ2n) is 6.91. The average molecular weight is 417 g/mol. The summed E-state index contributed by atoms with van der Waals surface area (Å²) in [5.41, 5.74) is 0.947. The van der Waals surface area contributed by atoms with Crippen molar-refractivity contribution in [3.63, 3.8) is 0 Å². The lowest BCUT2D eigenvalue weighted by Crippen LogP contribution is -2.42. The number of rotatable bonds is 7. The maximum absolute atomic E-state index is 12.6. The number of hydrogen-bond acceptors (Lipinski definition) is 6. The molecule has 1 N–H and O–H groups in total. The predicted molar refractivity (Wildman–Crippen MR) is 107 cm³/mol. The van der Waals surface area contributed by atoms with Gasteiger partial charge in [0, 0.05) is 11.6 Å². The van der Waals surface area contributed by atoms with Crippen LogP contribution in [0.15, 0.2) is 54.6 Å². The van der Waals surface area contributed by atoms with E-state index in [1.54, 1.807) is 24.3 Å². The Morgan fingerprint density at radius 1 is 1.10 bits per heavy atom. The van der Waals surface area contributed by atoms with Gasteiger partial charge in [0.05, 0.1) is 17.1 Å². The van der Waals surface area contributed by atoms with Crippen molar-refractivity contribution in [1.82, 2.24) is 5.32 Å². The number of carbonyl (C=O) groups excluding carboxylic acids is 2. The molecule has 7 nitrogen and oxygen atoms in total. The molecular weight excluding hydrogens is 394 g/mol. The summed E-state index contributed by atoms with van der Waals surface area (Å²) >= 11 is 0. The monoisotopic (exact) mass is 417 g/mol. The average Bonchev–Trinajstić information content (AvgIpc) is 3.05. The lowest BCUT2D eigenvalue weighted by atomic mass is 10.1. The normalized spacial score (nSPS) is 18.6. The zero-order valence-corrected chi connectivity index (χ0v) is 16.9. The van der Waals surface area contributed by atoms with Gasteiger partial charge in [-0.3, -0.25) is 4.79 Å². The SMILES string of the molecule is C[C@@H](OC(=O)c1ccccc1COc1ccccc1)C(=O)N[C@@H]1CCS(=O)(=O)C1. The highest BCUT2D eigenvalue weighted by Gasteiger charge is 2.31. The van der Waals surface area contributed by atoms with Gasteiger partial charge in [-0.25, -0.2) is 13.2 Å². The van der Waals surface area contributed by atoms with Crippen LogP contribution in [0.2, 0.25) is 0 Å². The Labute approximate surface area is 169 Å². The number of esters is 1. The van der Waals surface area contributed by atoms with Gasteiger partial charge in [-0.15, -0.1) is 0 Å². The first-order valence-corrected chi connectivity index (χ1v) is 11.1. The van der Waals surface area contributed by atoms with Crippen LogP contribution in [0.5, 0.6) is 5.75 Å². The summed E-state index contributed by atoms with van der Waals surface area (Å²) in [4.78, 5) is 24.8. The largest absolute Gasteiger partial charge is 0.489 e. The number of benzene rings is 2. The van der Waals surface area contributed by atoms with Gasteiger partial charge >= 0.3 is 5.97 Å². The van der Waals surface area contributed by atoms with Gasteiger partial charge in [0.25, 0.3) is 5.91 Å². The van der Waals surface area contributed by atoms with Crippen LogP contribution >= 0.6 is 0 Å². The number of hydrogen-bond donors (Lipinski definition) is 1. The summed E-state index contributed by atoms with van der Waals surface area (Å²) < 4.78 is 34.0. The minimum atomic E-state index is -3.10. The summed E-state index contributed by atoms with van der Waals surface area (Å²) in [6.07, 6.45) is -0.678. The van der Waals surface area contributed by atoms with Crippen LogP contribution in [0.3, 0.4) is 0 Å². The standard InChI is InChI=1S/C21H23NO6S/c1-15(20(23)22-17-11-12-29(25,26)14-17)28-21(24)19-10-6-5-7-16(19)13-27-18-8-3-2-4-9-18/h2-10,15,17H,11-14H2,1H3,(H,22,23)/t15-,17-/m1/s1. The number of sulfone groups is 1. The van der Waals surface area contributed by atoms with E-state index in [2.05, 4.69) is 5.32 Å². The molecule has 0 unspecified atom stereocenters. The molecule has 0 spiro atoms. The fraction of sp³-hybridized carbons (Fsp3) is 0.333. The van der Waals surface area contributed by atoms with Gasteiger partial charge in [-0.05, 0) is 31.5 Å². The zero-order chi connectivity index (χ0) is 20.9. The van der Waals surface area contributed by atoms with E-state index in [4.69, 9.17) is 9.47 Å². The highest BCUT2D eigenvalue weighted by molar-refractivity contribution is 7.91. The Morgan fingerprint density at radius 2 is 1.79 bits per heavy atom. The van der Waals surface area contributed by atoms with Gasteiger partial charge < -0.3 is 14.8 Å². The third-order valence-electron chi connectivity index (χ3n) is 4.61. The molecular formula is C21H23NO6S. The predicted octanol–water partition coefficient (Wildman–Crippen LogP) is 2.11. The minimum absolute atomic E-state index is 0.0565. The second-order valence-corrected chi connectivity index (χ2v) is 9.14. The molecule has 0 aliphatic carbocycles. The fourth-order valence-corrected chi connectivity index (χ4v) is 4.70. The second kappa shape index (κ2) is 9.09. The van der Waals surface area contributed by atoms with Crippen molar-refractivity contribution in [2.75, 3.05) is 11.5 Å². The summed E-state index contributed by atoms with van der Waals surface area (Å²) in [6, 6.07) is 15.6. The molecule has 1 saturated heterocycles. The van der Waals surface area contributed by atoms with Crippen LogP contribution in [0, 0.1) is 0 Å². The fourth-order valence-electron chi connectivity index (χ4n) is 3.03. The Hall–Kier alpha value is -2.87. The van der Waals surface area contributed by atoms with E-state index < -0.39 is 33.9 Å². The molecule has 1 aliphatic rings. The molecule has 3 rings (SSSR count). The van der Waals surface area contributed by atoms with E-state index in [1.165, 1.54) is 6.92 Å². The molecule has 2 atom stereocenters. The van der Waals surface area contributed by atoms with E-state index >= 15 is 0 Å². The third kappa shape index (κ3) is 5.80. The van der Waals surface area contributed by atoms with Crippen LogP contribution in [0.25, 0.3) is 0 Å². The highest BCUT2D eigenvalue weighted by Crippen LogP contribution is 2.17. The molecule has 1 heterocycles. The molecule has 29 heavy (non-hydrogen) atoms. The lowest BCUT2D eigenvalue weighted by molar-refractivity contribution is -0.129. The van der Waals surface area contributed by atoms with Crippen LogP contribution < -0.4 is 10.1 Å². The van der Waals surface area contributed by atoms with E-state index in [0.29, 0.717) is 23.3 Å². The summed E-state index contributed by atoms with van der Waals surface area (Å²) in [5.74, 6) is -0.507. The first-order chi connectivity index (χ1) is 13.8. The highest BCUT2D eigenvalue weighted by atomic mass is 32.2. The van der Waals surface area contributed by atoms with Crippen LogP contribution in [-0.2, 0) is 26.0 Å². The smallest absolute Gasteiger partial charge is 0.339 e. The first kappa shape index (κ1) is 20.9. The number of para-hydroxylation sites is 1. The van der Waals surface area contributed by atoms with Crippen molar-refractivity contribution < 1.29 is 27.5 Å². The van der Waals surface area contributed by atoms with Gasteiger partial charge in [0.1, 0.15) is 12.4 Å². The number of ether oxygens (including phenoxy) is 2. The Morgan fingerprint density at radius 3 is 2.48 bits per heavy atom. The third-order valence-corrected chi connectivity index (χ3v) is 6.37. The van der Waals surface area contributed by atoms with Crippen molar-refractivity contribution in [2.24, 2.45) is 0 Å². The molecule has 0 bridgehead atoms. The summed E-state index contributed by atoms with van der Waals surface area (Å²) in [7, 11) is -3.10. The quantitative estimate of drug-likeness (QED) is 0.693. The maximum Gasteiger partial charge on any atom is 0.339 e. The van der Waals surface area contributed by atoms with Gasteiger partial charge in [0.15, 0.2) is 15.9 Å². The molecule has 1 fully saturated rings. The number of amides is 1. The minimum Gasteiger partial charge on any atom is -0.489 e. The van der Waals surface area contributed by atoms with Crippen molar-refractivity contribution in [3.8, 4) is 5.75 Å². The Kier molecular flexibility index (Phi) is 6.53. The molecule has 0 saturated carbocycles. The van der Waals surface area contributed by atoms with E-state index in [-0.39, 0.29) is 18.1 Å². The van der Waals surface area contributed by atoms with Crippen LogP contribution in [-0.4, -0.2) is 43.9 Å². The molecule has 1 aliphatic heterocycles. The van der Waals surface area contributed by atoms with Gasteiger partial charge in [-0.2, -0.15) is 0 Å². The van der Waals surface area contributed by atoms with Crippen molar-refractivity contribution in [1.29, 1.82) is 0 Å². The summed E-state index contributed by atoms with van der Waals surface area (Å²) in [5, 5.41) is 2.63. The van der Waals surface area contributed by atoms with Crippen LogP contribution in [0.4, 0.5) is 0 Å². The number of nitrogens with one attached hydrogen (secondary N) is 1. The molecule has 0 radical (unpaired) electrons. The molecule has 2 aromatic rings. The molecule has 154 valence electrons. The topological polar surface area (TPSA) is 98.8 Å². The molecule has 0 aromatic heterocycles. The van der Waals surface area contributed by atoms with Gasteiger partial charge in [0.2, 0.25) is 0 Å². The van der Waals surface area contributed by atoms with E-state index in [9.17, 15) is 18.0 Å². The maximum atomic E-state index is 12.6. The molecule has 1 amide bonds. The van der Waals surface area contributed by atoms with Crippen LogP contribution in [0.1, 0.15) is 29.3 Å².